The number of aliphatic hydroxyl groups excluding tert-OH is 1. The fourth-order valence-corrected chi connectivity index (χ4v) is 3.39. The van der Waals surface area contributed by atoms with Crippen molar-refractivity contribution in [2.75, 3.05) is 53.0 Å². The zero-order valence-corrected chi connectivity index (χ0v) is 15.8. The molecule has 0 saturated carbocycles. The van der Waals surface area contributed by atoms with Crippen molar-refractivity contribution in [2.24, 2.45) is 0 Å². The number of fused-ring (bicyclic) bond motifs is 1. The highest BCUT2D eigenvalue weighted by atomic mass is 16.5. The van der Waals surface area contributed by atoms with Crippen molar-refractivity contribution in [3.8, 4) is 5.75 Å². The molecule has 0 spiro atoms. The summed E-state index contributed by atoms with van der Waals surface area (Å²) in [5.74, 6) is 0.928. The number of carbonyl (C=O) groups is 1. The number of amides is 1. The van der Waals surface area contributed by atoms with Crippen molar-refractivity contribution < 1.29 is 19.4 Å². The van der Waals surface area contributed by atoms with E-state index in [9.17, 15) is 9.90 Å². The Labute approximate surface area is 160 Å². The van der Waals surface area contributed by atoms with E-state index < -0.39 is 6.10 Å². The molecular weight excluding hydrogens is 344 g/mol. The molecule has 1 atom stereocenters. The lowest BCUT2D eigenvalue weighted by Gasteiger charge is -2.35. The van der Waals surface area contributed by atoms with Gasteiger partial charge in [0.15, 0.2) is 0 Å². The minimum atomic E-state index is -0.570. The number of aliphatic hydroxyl groups is 1. The summed E-state index contributed by atoms with van der Waals surface area (Å²) < 4.78 is 10.8. The van der Waals surface area contributed by atoms with Crippen LogP contribution in [0.3, 0.4) is 0 Å². The molecule has 1 saturated heterocycles. The predicted molar refractivity (Wildman–Crippen MR) is 105 cm³/mol. The molecule has 3 rings (SSSR count). The van der Waals surface area contributed by atoms with Crippen molar-refractivity contribution in [1.82, 2.24) is 9.80 Å². The van der Waals surface area contributed by atoms with Gasteiger partial charge in [-0.05, 0) is 11.5 Å². The fourth-order valence-electron chi connectivity index (χ4n) is 3.39. The van der Waals surface area contributed by atoms with Crippen LogP contribution in [-0.2, 0) is 9.53 Å². The molecule has 0 unspecified atom stereocenters. The summed E-state index contributed by atoms with van der Waals surface area (Å²) >= 11 is 0. The van der Waals surface area contributed by atoms with Gasteiger partial charge in [-0.25, -0.2) is 0 Å². The molecule has 1 aliphatic rings. The Bertz CT molecular complexity index is 739. The van der Waals surface area contributed by atoms with Gasteiger partial charge in [-0.1, -0.05) is 36.4 Å². The molecule has 0 radical (unpaired) electrons. The van der Waals surface area contributed by atoms with Crippen LogP contribution < -0.4 is 4.74 Å². The standard InChI is InChI=1S/C21H28N2O4/c1-26-14-9-21(25)23-12-10-22(11-13-23)15-18(24)16-27-20-8-4-6-17-5-2-3-7-19(17)20/h2-8,18,24H,9-16H2,1H3/t18-/m0/s1. The van der Waals surface area contributed by atoms with Gasteiger partial charge in [0, 0.05) is 45.2 Å². The summed E-state index contributed by atoms with van der Waals surface area (Å²) in [6.45, 7) is 4.18. The van der Waals surface area contributed by atoms with Crippen molar-refractivity contribution in [3.63, 3.8) is 0 Å². The maximum Gasteiger partial charge on any atom is 0.224 e. The number of hydrogen-bond donors (Lipinski definition) is 1. The average Bonchev–Trinajstić information content (AvgIpc) is 2.71. The van der Waals surface area contributed by atoms with Gasteiger partial charge < -0.3 is 19.5 Å². The largest absolute Gasteiger partial charge is 0.490 e. The van der Waals surface area contributed by atoms with E-state index in [2.05, 4.69) is 4.90 Å². The number of piperazine rings is 1. The van der Waals surface area contributed by atoms with Gasteiger partial charge in [-0.2, -0.15) is 0 Å². The molecule has 1 aliphatic heterocycles. The second kappa shape index (κ2) is 9.69. The van der Waals surface area contributed by atoms with Crippen molar-refractivity contribution in [3.05, 3.63) is 42.5 Å². The van der Waals surface area contributed by atoms with E-state index in [-0.39, 0.29) is 12.5 Å². The van der Waals surface area contributed by atoms with Crippen molar-refractivity contribution in [2.45, 2.75) is 12.5 Å². The molecule has 6 heteroatoms. The molecule has 1 amide bonds. The number of carbonyl (C=O) groups excluding carboxylic acids is 1. The fraction of sp³-hybridized carbons (Fsp3) is 0.476. The van der Waals surface area contributed by atoms with E-state index in [0.29, 0.717) is 32.7 Å². The zero-order chi connectivity index (χ0) is 19.1. The summed E-state index contributed by atoms with van der Waals surface area (Å²) in [5, 5.41) is 12.5. The maximum atomic E-state index is 12.0. The minimum Gasteiger partial charge on any atom is -0.490 e. The number of ether oxygens (including phenoxy) is 2. The summed E-state index contributed by atoms with van der Waals surface area (Å²) in [6, 6.07) is 14.0. The number of benzene rings is 2. The van der Waals surface area contributed by atoms with Crippen LogP contribution in [0.15, 0.2) is 42.5 Å². The van der Waals surface area contributed by atoms with E-state index in [4.69, 9.17) is 9.47 Å². The first-order valence-corrected chi connectivity index (χ1v) is 9.45. The molecule has 27 heavy (non-hydrogen) atoms. The number of nitrogens with zero attached hydrogens (tertiary/aromatic N) is 2. The molecule has 1 N–H and O–H groups in total. The first-order valence-electron chi connectivity index (χ1n) is 9.45. The normalized spacial score (nSPS) is 16.4. The number of methoxy groups -OCH3 is 1. The average molecular weight is 372 g/mol. The van der Waals surface area contributed by atoms with Gasteiger partial charge in [0.1, 0.15) is 18.5 Å². The van der Waals surface area contributed by atoms with Crippen LogP contribution in [0, 0.1) is 0 Å². The third kappa shape index (κ3) is 5.42. The van der Waals surface area contributed by atoms with Gasteiger partial charge in [0.2, 0.25) is 5.91 Å². The van der Waals surface area contributed by atoms with Gasteiger partial charge in [0.25, 0.3) is 0 Å². The van der Waals surface area contributed by atoms with Gasteiger partial charge in [-0.15, -0.1) is 0 Å². The van der Waals surface area contributed by atoms with Crippen LogP contribution in [0.5, 0.6) is 5.75 Å². The van der Waals surface area contributed by atoms with E-state index in [0.717, 1.165) is 29.6 Å². The van der Waals surface area contributed by atoms with Crippen molar-refractivity contribution in [1.29, 1.82) is 0 Å². The third-order valence-electron chi connectivity index (χ3n) is 4.89. The van der Waals surface area contributed by atoms with E-state index >= 15 is 0 Å². The maximum absolute atomic E-state index is 12.0. The summed E-state index contributed by atoms with van der Waals surface area (Å²) in [4.78, 5) is 16.1. The first kappa shape index (κ1) is 19.6. The van der Waals surface area contributed by atoms with Gasteiger partial charge in [0.05, 0.1) is 13.0 Å². The minimum absolute atomic E-state index is 0.135. The molecule has 0 aromatic heterocycles. The Morgan fingerprint density at radius 2 is 1.85 bits per heavy atom. The van der Waals surface area contributed by atoms with E-state index in [1.165, 1.54) is 0 Å². The number of β-amino-alcohol motifs (C(OH)–C–C–N with tert-alkyl or cyclic N) is 1. The monoisotopic (exact) mass is 372 g/mol. The van der Waals surface area contributed by atoms with Crippen LogP contribution in [0.25, 0.3) is 10.8 Å². The second-order valence-corrected chi connectivity index (χ2v) is 6.87. The molecule has 1 heterocycles. The molecule has 2 aromatic rings. The second-order valence-electron chi connectivity index (χ2n) is 6.87. The van der Waals surface area contributed by atoms with Crippen LogP contribution >= 0.6 is 0 Å². The SMILES string of the molecule is COCCC(=O)N1CCN(C[C@H](O)COc2cccc3ccccc23)CC1. The summed E-state index contributed by atoms with van der Waals surface area (Å²) in [7, 11) is 1.60. The molecule has 6 nitrogen and oxygen atoms in total. The molecule has 1 fully saturated rings. The smallest absolute Gasteiger partial charge is 0.224 e. The van der Waals surface area contributed by atoms with E-state index in [1.54, 1.807) is 7.11 Å². The van der Waals surface area contributed by atoms with Crippen LogP contribution in [-0.4, -0.2) is 80.0 Å². The molecular formula is C21H28N2O4. The highest BCUT2D eigenvalue weighted by Gasteiger charge is 2.22. The lowest BCUT2D eigenvalue weighted by molar-refractivity contribution is -0.134. The Morgan fingerprint density at radius 3 is 2.63 bits per heavy atom. The topological polar surface area (TPSA) is 62.2 Å². The molecule has 2 aromatic carbocycles. The van der Waals surface area contributed by atoms with Gasteiger partial charge in [-0.3, -0.25) is 9.69 Å². The quantitative estimate of drug-likeness (QED) is 0.765. The van der Waals surface area contributed by atoms with E-state index in [1.807, 2.05) is 47.4 Å². The molecule has 146 valence electrons. The summed E-state index contributed by atoms with van der Waals surface area (Å²) in [5.41, 5.74) is 0. The third-order valence-corrected chi connectivity index (χ3v) is 4.89. The van der Waals surface area contributed by atoms with Crippen molar-refractivity contribution >= 4 is 16.7 Å². The Hall–Kier alpha value is -2.15. The number of rotatable bonds is 8. The summed E-state index contributed by atoms with van der Waals surface area (Å²) in [6.07, 6.45) is -0.141. The van der Waals surface area contributed by atoms with Crippen LogP contribution in [0.2, 0.25) is 0 Å². The highest BCUT2D eigenvalue weighted by Crippen LogP contribution is 2.25. The zero-order valence-electron chi connectivity index (χ0n) is 15.8. The Kier molecular flexibility index (Phi) is 7.04. The Balaban J connectivity index is 1.44. The Morgan fingerprint density at radius 1 is 1.11 bits per heavy atom. The lowest BCUT2D eigenvalue weighted by Crippen LogP contribution is -2.51. The molecule has 0 aliphatic carbocycles. The van der Waals surface area contributed by atoms with Crippen LogP contribution in [0.4, 0.5) is 0 Å². The number of hydrogen-bond acceptors (Lipinski definition) is 5. The highest BCUT2D eigenvalue weighted by molar-refractivity contribution is 5.88. The predicted octanol–water partition coefficient (Wildman–Crippen LogP) is 1.76. The molecule has 0 bridgehead atoms. The lowest BCUT2D eigenvalue weighted by atomic mass is 10.1. The van der Waals surface area contributed by atoms with Gasteiger partial charge >= 0.3 is 0 Å². The first-order chi connectivity index (χ1) is 13.2. The van der Waals surface area contributed by atoms with Crippen LogP contribution in [0.1, 0.15) is 6.42 Å².